The molecule has 0 fully saturated rings. The quantitative estimate of drug-likeness (QED) is 0.647. The van der Waals surface area contributed by atoms with E-state index < -0.39 is 0 Å². The van der Waals surface area contributed by atoms with Gasteiger partial charge in [-0.3, -0.25) is 9.48 Å². The number of nitrogens with one attached hydrogen (secondary N) is 1. The number of carbonyl (C=O) groups is 1. The number of hydrogen-bond donors (Lipinski definition) is 1. The molecule has 0 radical (unpaired) electrons. The normalized spacial score (nSPS) is 13.5. The fourth-order valence-corrected chi connectivity index (χ4v) is 3.80. The summed E-state index contributed by atoms with van der Waals surface area (Å²) in [6.07, 6.45) is 1.69. The lowest BCUT2D eigenvalue weighted by molar-refractivity contribution is 0.0946. The van der Waals surface area contributed by atoms with Gasteiger partial charge in [-0.15, -0.1) is 0 Å². The summed E-state index contributed by atoms with van der Waals surface area (Å²) in [6, 6.07) is 8.19. The molecular weight excluding hydrogens is 398 g/mol. The number of hydrogen-bond acceptors (Lipinski definition) is 4. The number of nitrogens with zero attached hydrogens (tertiary/aromatic N) is 4. The molecular formula is C18H20BrN5O2. The predicted octanol–water partition coefficient (Wildman–Crippen LogP) is 2.91. The molecule has 1 aromatic carbocycles. The van der Waals surface area contributed by atoms with Gasteiger partial charge in [0.2, 0.25) is 5.88 Å². The lowest BCUT2D eigenvalue weighted by atomic mass is 10.2. The Balaban J connectivity index is 1.36. The molecule has 0 bridgehead atoms. The highest BCUT2D eigenvalue weighted by molar-refractivity contribution is 9.10. The summed E-state index contributed by atoms with van der Waals surface area (Å²) in [5.41, 5.74) is 2.53. The van der Waals surface area contributed by atoms with Crippen molar-refractivity contribution in [1.82, 2.24) is 24.9 Å². The van der Waals surface area contributed by atoms with Crippen molar-refractivity contribution < 1.29 is 9.53 Å². The lowest BCUT2D eigenvalue weighted by Gasteiger charge is -2.14. The average molecular weight is 418 g/mol. The molecule has 1 amide bonds. The SMILES string of the molecule is Cc1nn(CCCNC(=O)c2nn3c(c2Br)OCCC3)c2ccccc12. The Morgan fingerprint density at radius 3 is 3.04 bits per heavy atom. The maximum absolute atomic E-state index is 12.4. The first-order chi connectivity index (χ1) is 12.6. The van der Waals surface area contributed by atoms with Crippen molar-refractivity contribution in [2.75, 3.05) is 13.2 Å². The van der Waals surface area contributed by atoms with Gasteiger partial charge >= 0.3 is 0 Å². The zero-order chi connectivity index (χ0) is 18.1. The van der Waals surface area contributed by atoms with Gasteiger partial charge in [0.05, 0.1) is 17.8 Å². The van der Waals surface area contributed by atoms with Gasteiger partial charge in [-0.2, -0.15) is 10.2 Å². The van der Waals surface area contributed by atoms with Crippen LogP contribution in [0.25, 0.3) is 10.9 Å². The summed E-state index contributed by atoms with van der Waals surface area (Å²) in [6.45, 7) is 4.75. The average Bonchev–Trinajstić information content (AvgIpc) is 3.17. The first-order valence-corrected chi connectivity index (χ1v) is 9.54. The van der Waals surface area contributed by atoms with Gasteiger partial charge in [-0.05, 0) is 35.3 Å². The minimum atomic E-state index is -0.191. The number of carbonyl (C=O) groups excluding carboxylic acids is 1. The highest BCUT2D eigenvalue weighted by Gasteiger charge is 2.24. The monoisotopic (exact) mass is 417 g/mol. The van der Waals surface area contributed by atoms with Crippen molar-refractivity contribution >= 4 is 32.7 Å². The number of fused-ring (bicyclic) bond motifs is 2. The largest absolute Gasteiger partial charge is 0.477 e. The number of para-hydroxylation sites is 1. The molecule has 3 aromatic rings. The van der Waals surface area contributed by atoms with Crippen molar-refractivity contribution in [3.05, 3.63) is 40.1 Å². The van der Waals surface area contributed by atoms with Crippen LogP contribution in [-0.2, 0) is 13.1 Å². The van der Waals surface area contributed by atoms with Crippen LogP contribution in [0.15, 0.2) is 28.7 Å². The fraction of sp³-hybridized carbons (Fsp3) is 0.389. The zero-order valence-corrected chi connectivity index (χ0v) is 16.1. The number of ether oxygens (including phenoxy) is 1. The molecule has 0 spiro atoms. The Morgan fingerprint density at radius 1 is 1.35 bits per heavy atom. The van der Waals surface area contributed by atoms with Gasteiger partial charge in [0.25, 0.3) is 5.91 Å². The van der Waals surface area contributed by atoms with Crippen LogP contribution in [0.2, 0.25) is 0 Å². The van der Waals surface area contributed by atoms with E-state index in [4.69, 9.17) is 4.74 Å². The topological polar surface area (TPSA) is 74.0 Å². The highest BCUT2D eigenvalue weighted by Crippen LogP contribution is 2.31. The molecule has 1 aliphatic rings. The second-order valence-electron chi connectivity index (χ2n) is 6.33. The first kappa shape index (κ1) is 17.1. The molecule has 0 aliphatic carbocycles. The first-order valence-electron chi connectivity index (χ1n) is 8.74. The lowest BCUT2D eigenvalue weighted by Crippen LogP contribution is -2.26. The minimum absolute atomic E-state index is 0.191. The number of benzene rings is 1. The Hall–Kier alpha value is -2.35. The molecule has 4 rings (SSSR count). The van der Waals surface area contributed by atoms with E-state index in [9.17, 15) is 4.79 Å². The molecule has 136 valence electrons. The van der Waals surface area contributed by atoms with Crippen molar-refractivity contribution in [2.24, 2.45) is 0 Å². The predicted molar refractivity (Wildman–Crippen MR) is 101 cm³/mol. The van der Waals surface area contributed by atoms with Gasteiger partial charge in [-0.25, -0.2) is 4.68 Å². The van der Waals surface area contributed by atoms with Crippen LogP contribution in [-0.4, -0.2) is 38.6 Å². The molecule has 0 saturated carbocycles. The van der Waals surface area contributed by atoms with Crippen molar-refractivity contribution in [3.8, 4) is 5.88 Å². The van der Waals surface area contributed by atoms with Gasteiger partial charge in [0.1, 0.15) is 4.47 Å². The molecule has 1 aliphatic heterocycles. The third kappa shape index (κ3) is 3.09. The molecule has 0 atom stereocenters. The van der Waals surface area contributed by atoms with Gasteiger partial charge in [0.15, 0.2) is 5.69 Å². The maximum Gasteiger partial charge on any atom is 0.273 e. The maximum atomic E-state index is 12.4. The van der Waals surface area contributed by atoms with E-state index in [1.54, 1.807) is 4.68 Å². The smallest absolute Gasteiger partial charge is 0.273 e. The summed E-state index contributed by atoms with van der Waals surface area (Å²) in [5.74, 6) is 0.448. The van der Waals surface area contributed by atoms with Crippen LogP contribution in [0.4, 0.5) is 0 Å². The zero-order valence-electron chi connectivity index (χ0n) is 14.5. The van der Waals surface area contributed by atoms with E-state index in [1.165, 1.54) is 5.39 Å². The van der Waals surface area contributed by atoms with Crippen molar-refractivity contribution in [2.45, 2.75) is 32.9 Å². The third-order valence-electron chi connectivity index (χ3n) is 4.49. The van der Waals surface area contributed by atoms with Crippen molar-refractivity contribution in [3.63, 3.8) is 0 Å². The van der Waals surface area contributed by atoms with Crippen LogP contribution in [0.3, 0.4) is 0 Å². The summed E-state index contributed by atoms with van der Waals surface area (Å²) in [5, 5.41) is 13.0. The Bertz CT molecular complexity index is 962. The number of amides is 1. The van der Waals surface area contributed by atoms with Crippen LogP contribution in [0.1, 0.15) is 29.0 Å². The van der Waals surface area contributed by atoms with E-state index in [-0.39, 0.29) is 5.91 Å². The molecule has 3 heterocycles. The summed E-state index contributed by atoms with van der Waals surface area (Å²) in [4.78, 5) is 12.4. The third-order valence-corrected chi connectivity index (χ3v) is 5.21. The molecule has 1 N–H and O–H groups in total. The minimum Gasteiger partial charge on any atom is -0.477 e. The molecule has 8 heteroatoms. The summed E-state index contributed by atoms with van der Waals surface area (Å²) in [7, 11) is 0. The van der Waals surface area contributed by atoms with Gasteiger partial charge in [-0.1, -0.05) is 18.2 Å². The van der Waals surface area contributed by atoms with Crippen molar-refractivity contribution in [1.29, 1.82) is 0 Å². The van der Waals surface area contributed by atoms with E-state index in [1.807, 2.05) is 23.7 Å². The van der Waals surface area contributed by atoms with Crippen LogP contribution < -0.4 is 10.1 Å². The summed E-state index contributed by atoms with van der Waals surface area (Å²) >= 11 is 3.43. The number of aromatic nitrogens is 4. The van der Waals surface area contributed by atoms with E-state index in [2.05, 4.69) is 43.6 Å². The van der Waals surface area contributed by atoms with Crippen LogP contribution in [0, 0.1) is 6.92 Å². The second-order valence-corrected chi connectivity index (χ2v) is 7.12. The van der Waals surface area contributed by atoms with E-state index >= 15 is 0 Å². The number of halogens is 1. The number of rotatable bonds is 5. The molecule has 0 saturated heterocycles. The number of aryl methyl sites for hydroxylation is 3. The molecule has 26 heavy (non-hydrogen) atoms. The van der Waals surface area contributed by atoms with Gasteiger partial charge in [0, 0.05) is 31.4 Å². The fourth-order valence-electron chi connectivity index (χ4n) is 3.22. The molecule has 0 unspecified atom stereocenters. The van der Waals surface area contributed by atoms with Gasteiger partial charge < -0.3 is 10.1 Å². The van der Waals surface area contributed by atoms with Crippen LogP contribution in [0.5, 0.6) is 5.88 Å². The van der Waals surface area contributed by atoms with E-state index in [0.717, 1.165) is 37.1 Å². The highest BCUT2D eigenvalue weighted by atomic mass is 79.9. The Morgan fingerprint density at radius 2 is 2.19 bits per heavy atom. The standard InChI is InChI=1S/C18H20BrN5O2/c1-12-13-6-2-3-7-14(13)23(21-12)9-4-8-20-17(25)16-15(19)18-24(22-16)10-5-11-26-18/h2-3,6-7H,4-5,8-11H2,1H3,(H,20,25). The summed E-state index contributed by atoms with van der Waals surface area (Å²) < 4.78 is 9.94. The van der Waals surface area contributed by atoms with Crippen LogP contribution >= 0.6 is 15.9 Å². The van der Waals surface area contributed by atoms with E-state index in [0.29, 0.717) is 29.2 Å². The second kappa shape index (κ2) is 7.11. The molecule has 7 nitrogen and oxygen atoms in total. The Kier molecular flexibility index (Phi) is 4.67. The molecule has 2 aromatic heterocycles. The Labute approximate surface area is 159 Å².